The Balaban J connectivity index is 2.03. The number of nitrogens with one attached hydrogen (secondary N) is 1. The summed E-state index contributed by atoms with van der Waals surface area (Å²) in [7, 11) is 0. The second-order valence-corrected chi connectivity index (χ2v) is 7.70. The fraction of sp³-hybridized carbons (Fsp3) is 0.111. The Morgan fingerprint density at radius 3 is 2.48 bits per heavy atom. The molecule has 4 nitrogen and oxygen atoms in total. The van der Waals surface area contributed by atoms with Gasteiger partial charge in [-0.25, -0.2) is 0 Å². The molecule has 1 amide bonds. The first-order chi connectivity index (χ1) is 11.9. The first-order valence-corrected chi connectivity index (χ1v) is 9.13. The summed E-state index contributed by atoms with van der Waals surface area (Å²) in [6, 6.07) is 12.9. The van der Waals surface area contributed by atoms with E-state index in [1.807, 2.05) is 32.0 Å². The standard InChI is InChI=1S/C18H16ClN3OS2/c1-10-5-3-6-11(2)14(10)22-16(20)15(25-18(22)24)17(23)21-13-8-4-7-12(19)9-13/h3-9H,20H2,1-2H3,(H,21,23). The minimum absolute atomic E-state index is 0.305. The minimum atomic E-state index is -0.305. The molecule has 25 heavy (non-hydrogen) atoms. The predicted octanol–water partition coefficient (Wildman–Crippen LogP) is 5.37. The van der Waals surface area contributed by atoms with Crippen LogP contribution in [0.5, 0.6) is 0 Å². The lowest BCUT2D eigenvalue weighted by atomic mass is 10.1. The molecule has 0 unspecified atom stereocenters. The van der Waals surface area contributed by atoms with Gasteiger partial charge in [-0.3, -0.25) is 9.36 Å². The van der Waals surface area contributed by atoms with Gasteiger partial charge in [-0.1, -0.05) is 47.2 Å². The average Bonchev–Trinajstić information content (AvgIpc) is 2.83. The number of aryl methyl sites for hydroxylation is 2. The average molecular weight is 390 g/mol. The van der Waals surface area contributed by atoms with Gasteiger partial charge in [-0.05, 0) is 55.4 Å². The van der Waals surface area contributed by atoms with E-state index in [9.17, 15) is 4.79 Å². The summed E-state index contributed by atoms with van der Waals surface area (Å²) in [6.45, 7) is 3.99. The van der Waals surface area contributed by atoms with E-state index in [1.165, 1.54) is 11.3 Å². The number of hydrogen-bond donors (Lipinski definition) is 2. The summed E-state index contributed by atoms with van der Waals surface area (Å²) >= 11 is 12.6. The van der Waals surface area contributed by atoms with Crippen molar-refractivity contribution in [2.75, 3.05) is 11.1 Å². The van der Waals surface area contributed by atoms with Gasteiger partial charge in [0.1, 0.15) is 10.7 Å². The second kappa shape index (κ2) is 7.00. The highest BCUT2D eigenvalue weighted by atomic mass is 35.5. The fourth-order valence-electron chi connectivity index (χ4n) is 2.67. The number of nitrogens with two attached hydrogens (primary N) is 1. The summed E-state index contributed by atoms with van der Waals surface area (Å²) in [5.74, 6) is 0.0350. The molecule has 0 spiro atoms. The van der Waals surface area contributed by atoms with E-state index >= 15 is 0 Å². The maximum atomic E-state index is 12.6. The number of nitrogen functional groups attached to an aromatic ring is 1. The van der Waals surface area contributed by atoms with Gasteiger partial charge in [0.2, 0.25) is 0 Å². The van der Waals surface area contributed by atoms with Crippen LogP contribution in [-0.4, -0.2) is 10.5 Å². The van der Waals surface area contributed by atoms with Crippen molar-refractivity contribution in [3.05, 3.63) is 67.4 Å². The molecule has 0 radical (unpaired) electrons. The molecule has 0 atom stereocenters. The predicted molar refractivity (Wildman–Crippen MR) is 108 cm³/mol. The molecule has 1 heterocycles. The van der Waals surface area contributed by atoms with E-state index in [-0.39, 0.29) is 5.91 Å². The molecule has 1 aromatic heterocycles. The van der Waals surface area contributed by atoms with Crippen LogP contribution in [-0.2, 0) is 0 Å². The number of carbonyl (C=O) groups is 1. The molecule has 0 aliphatic carbocycles. The molecule has 2 aromatic carbocycles. The zero-order valence-corrected chi connectivity index (χ0v) is 16.1. The Kier molecular flexibility index (Phi) is 4.94. The largest absolute Gasteiger partial charge is 0.383 e. The maximum absolute atomic E-state index is 12.6. The molecule has 3 N–H and O–H groups in total. The first kappa shape index (κ1) is 17.7. The van der Waals surface area contributed by atoms with Gasteiger partial charge in [-0.15, -0.1) is 0 Å². The number of amides is 1. The molecule has 128 valence electrons. The number of nitrogens with zero attached hydrogens (tertiary/aromatic N) is 1. The number of aromatic nitrogens is 1. The number of thiazole rings is 1. The van der Waals surface area contributed by atoms with Crippen molar-refractivity contribution in [2.45, 2.75) is 13.8 Å². The fourth-order valence-corrected chi connectivity index (χ4v) is 4.10. The highest BCUT2D eigenvalue weighted by Gasteiger charge is 2.20. The Bertz CT molecular complexity index is 1000. The monoisotopic (exact) mass is 389 g/mol. The lowest BCUT2D eigenvalue weighted by Crippen LogP contribution is -2.14. The van der Waals surface area contributed by atoms with Crippen LogP contribution in [0.25, 0.3) is 5.69 Å². The highest BCUT2D eigenvalue weighted by molar-refractivity contribution is 7.73. The summed E-state index contributed by atoms with van der Waals surface area (Å²) in [5, 5.41) is 3.36. The van der Waals surface area contributed by atoms with E-state index in [0.29, 0.717) is 25.4 Å². The number of halogens is 1. The van der Waals surface area contributed by atoms with Crippen LogP contribution in [0.4, 0.5) is 11.5 Å². The van der Waals surface area contributed by atoms with E-state index in [2.05, 4.69) is 5.32 Å². The molecule has 0 aliphatic rings. The van der Waals surface area contributed by atoms with Crippen molar-refractivity contribution < 1.29 is 4.79 Å². The van der Waals surface area contributed by atoms with E-state index in [0.717, 1.165) is 16.8 Å². The Labute approximate surface area is 159 Å². The van der Waals surface area contributed by atoms with Crippen molar-refractivity contribution >= 4 is 52.6 Å². The Morgan fingerprint density at radius 1 is 1.20 bits per heavy atom. The number of anilines is 2. The van der Waals surface area contributed by atoms with Gasteiger partial charge in [0, 0.05) is 10.7 Å². The molecule has 0 fully saturated rings. The Hall–Kier alpha value is -2.15. The van der Waals surface area contributed by atoms with Crippen LogP contribution in [0, 0.1) is 17.8 Å². The minimum Gasteiger partial charge on any atom is -0.383 e. The van der Waals surface area contributed by atoms with Crippen LogP contribution in [0.15, 0.2) is 42.5 Å². The van der Waals surface area contributed by atoms with Gasteiger partial charge >= 0.3 is 0 Å². The maximum Gasteiger partial charge on any atom is 0.269 e. The Morgan fingerprint density at radius 2 is 1.84 bits per heavy atom. The summed E-state index contributed by atoms with van der Waals surface area (Å²) in [6.07, 6.45) is 0. The number of para-hydroxylation sites is 1. The summed E-state index contributed by atoms with van der Waals surface area (Å²) in [5.41, 5.74) is 9.89. The van der Waals surface area contributed by atoms with Gasteiger partial charge < -0.3 is 11.1 Å². The zero-order chi connectivity index (χ0) is 18.1. The molecular formula is C18H16ClN3OS2. The van der Waals surface area contributed by atoms with Crippen molar-refractivity contribution in [1.29, 1.82) is 0 Å². The van der Waals surface area contributed by atoms with Gasteiger partial charge in [0.25, 0.3) is 5.91 Å². The smallest absolute Gasteiger partial charge is 0.269 e. The summed E-state index contributed by atoms with van der Waals surface area (Å²) < 4.78 is 2.29. The SMILES string of the molecule is Cc1cccc(C)c1-n1c(N)c(C(=O)Nc2cccc(Cl)c2)sc1=S. The third-order valence-electron chi connectivity index (χ3n) is 3.80. The van der Waals surface area contributed by atoms with Crippen molar-refractivity contribution in [3.63, 3.8) is 0 Å². The summed E-state index contributed by atoms with van der Waals surface area (Å²) in [4.78, 5) is 13.0. The molecule has 7 heteroatoms. The number of benzene rings is 2. The first-order valence-electron chi connectivity index (χ1n) is 7.53. The van der Waals surface area contributed by atoms with Crippen molar-refractivity contribution in [2.24, 2.45) is 0 Å². The quantitative estimate of drug-likeness (QED) is 0.591. The molecule has 0 aliphatic heterocycles. The van der Waals surface area contributed by atoms with Gasteiger partial charge in [0.15, 0.2) is 3.95 Å². The molecular weight excluding hydrogens is 374 g/mol. The molecule has 0 saturated carbocycles. The third-order valence-corrected chi connectivity index (χ3v) is 5.42. The normalized spacial score (nSPS) is 10.7. The van der Waals surface area contributed by atoms with Crippen LogP contribution in [0.2, 0.25) is 5.02 Å². The van der Waals surface area contributed by atoms with Gasteiger partial charge in [0.05, 0.1) is 5.69 Å². The van der Waals surface area contributed by atoms with E-state index in [4.69, 9.17) is 29.6 Å². The van der Waals surface area contributed by atoms with Crippen molar-refractivity contribution in [3.8, 4) is 5.69 Å². The number of rotatable bonds is 3. The van der Waals surface area contributed by atoms with Crippen LogP contribution in [0.1, 0.15) is 20.8 Å². The number of carbonyl (C=O) groups excluding carboxylic acids is 1. The topological polar surface area (TPSA) is 60.0 Å². The third kappa shape index (κ3) is 3.46. The van der Waals surface area contributed by atoms with Crippen LogP contribution < -0.4 is 11.1 Å². The molecule has 0 bridgehead atoms. The van der Waals surface area contributed by atoms with Gasteiger partial charge in [-0.2, -0.15) is 0 Å². The highest BCUT2D eigenvalue weighted by Crippen LogP contribution is 2.30. The molecule has 3 rings (SSSR count). The zero-order valence-electron chi connectivity index (χ0n) is 13.7. The second-order valence-electron chi connectivity index (χ2n) is 5.62. The lowest BCUT2D eigenvalue weighted by Gasteiger charge is -2.13. The number of hydrogen-bond acceptors (Lipinski definition) is 4. The molecule has 0 saturated heterocycles. The van der Waals surface area contributed by atoms with E-state index < -0.39 is 0 Å². The van der Waals surface area contributed by atoms with Crippen LogP contribution in [0.3, 0.4) is 0 Å². The van der Waals surface area contributed by atoms with Crippen molar-refractivity contribution in [1.82, 2.24) is 4.57 Å². The van der Waals surface area contributed by atoms with E-state index in [1.54, 1.807) is 28.8 Å². The van der Waals surface area contributed by atoms with Crippen LogP contribution >= 0.6 is 35.2 Å². The lowest BCUT2D eigenvalue weighted by molar-refractivity contribution is 0.103. The molecule has 3 aromatic rings.